The van der Waals surface area contributed by atoms with Crippen molar-refractivity contribution in [2.75, 3.05) is 6.54 Å². The molecule has 0 radical (unpaired) electrons. The Morgan fingerprint density at radius 2 is 1.94 bits per heavy atom. The maximum atomic E-state index is 12.0. The Kier molecular flexibility index (Phi) is 3.44. The van der Waals surface area contributed by atoms with Gasteiger partial charge in [0.15, 0.2) is 0 Å². The van der Waals surface area contributed by atoms with Gasteiger partial charge in [0.1, 0.15) is 10.0 Å². The molecule has 1 fully saturated rings. The van der Waals surface area contributed by atoms with E-state index in [0.717, 1.165) is 17.9 Å². The van der Waals surface area contributed by atoms with E-state index < -0.39 is 12.6 Å². The molecule has 3 nitrogen and oxygen atoms in total. The van der Waals surface area contributed by atoms with E-state index in [2.05, 4.69) is 15.5 Å². The maximum Gasteiger partial charge on any atom is 0.395 e. The molecule has 0 atom stereocenters. The second-order valence-electron chi connectivity index (χ2n) is 3.86. The van der Waals surface area contributed by atoms with Gasteiger partial charge >= 0.3 is 6.18 Å². The van der Waals surface area contributed by atoms with E-state index in [1.54, 1.807) is 0 Å². The van der Waals surface area contributed by atoms with Crippen molar-refractivity contribution < 1.29 is 13.2 Å². The summed E-state index contributed by atoms with van der Waals surface area (Å²) in [4.78, 5) is 0. The molecular weight excluding hydrogens is 239 g/mol. The molecule has 16 heavy (non-hydrogen) atoms. The second kappa shape index (κ2) is 4.67. The molecule has 0 unspecified atom stereocenters. The third-order valence-electron chi connectivity index (χ3n) is 2.21. The molecule has 7 heteroatoms. The first-order valence-electron chi connectivity index (χ1n) is 5.14. The minimum absolute atomic E-state index is 0.0499. The Balaban J connectivity index is 1.77. The number of hydrogen-bond donors (Lipinski definition) is 1. The number of nitrogens with zero attached hydrogens (tertiary/aromatic N) is 2. The summed E-state index contributed by atoms with van der Waals surface area (Å²) in [6, 6.07) is 0.613. The highest BCUT2D eigenvalue weighted by Gasteiger charge is 2.29. The molecule has 1 aliphatic rings. The molecule has 0 spiro atoms. The molecule has 1 aromatic heterocycles. The highest BCUT2D eigenvalue weighted by molar-refractivity contribution is 7.11. The van der Waals surface area contributed by atoms with Crippen LogP contribution in [0.25, 0.3) is 0 Å². The number of hydrogen-bond acceptors (Lipinski definition) is 4. The van der Waals surface area contributed by atoms with Crippen molar-refractivity contribution in [3.05, 3.63) is 10.0 Å². The average Bonchev–Trinajstić information content (AvgIpc) is 2.86. The molecule has 1 saturated carbocycles. The summed E-state index contributed by atoms with van der Waals surface area (Å²) in [7, 11) is 0. The lowest BCUT2D eigenvalue weighted by molar-refractivity contribution is -0.127. The molecule has 1 aromatic rings. The van der Waals surface area contributed by atoms with Crippen LogP contribution in [0.1, 0.15) is 22.9 Å². The van der Waals surface area contributed by atoms with Crippen molar-refractivity contribution >= 4 is 11.3 Å². The van der Waals surface area contributed by atoms with Crippen LogP contribution in [0.2, 0.25) is 0 Å². The van der Waals surface area contributed by atoms with Gasteiger partial charge in [-0.05, 0) is 12.8 Å². The third kappa shape index (κ3) is 4.05. The molecule has 0 aliphatic heterocycles. The highest BCUT2D eigenvalue weighted by Crippen LogP contribution is 2.23. The van der Waals surface area contributed by atoms with Gasteiger partial charge in [-0.3, -0.25) is 0 Å². The fraction of sp³-hybridized carbons (Fsp3) is 0.778. The molecule has 0 saturated heterocycles. The minimum Gasteiger partial charge on any atom is -0.314 e. The van der Waals surface area contributed by atoms with Crippen LogP contribution in [-0.4, -0.2) is 29.0 Å². The van der Waals surface area contributed by atoms with Crippen molar-refractivity contribution in [3.8, 4) is 0 Å². The van der Waals surface area contributed by atoms with Gasteiger partial charge in [0.2, 0.25) is 0 Å². The number of alkyl halides is 3. The van der Waals surface area contributed by atoms with Gasteiger partial charge < -0.3 is 5.32 Å². The smallest absolute Gasteiger partial charge is 0.314 e. The summed E-state index contributed by atoms with van der Waals surface area (Å²) in [5, 5.41) is 11.3. The molecule has 0 aromatic carbocycles. The molecule has 1 N–H and O–H groups in total. The van der Waals surface area contributed by atoms with Crippen molar-refractivity contribution in [2.45, 2.75) is 37.9 Å². The van der Waals surface area contributed by atoms with Gasteiger partial charge in [-0.1, -0.05) is 0 Å². The normalized spacial score (nSPS) is 16.7. The molecular formula is C9H12F3N3S. The van der Waals surface area contributed by atoms with Gasteiger partial charge in [0, 0.05) is 19.0 Å². The fourth-order valence-corrected chi connectivity index (χ4v) is 2.18. The van der Waals surface area contributed by atoms with Crippen LogP contribution in [0.5, 0.6) is 0 Å². The first-order chi connectivity index (χ1) is 7.53. The monoisotopic (exact) mass is 251 g/mol. The number of aromatic nitrogens is 2. The number of rotatable bonds is 5. The molecule has 1 aliphatic carbocycles. The fourth-order valence-electron chi connectivity index (χ4n) is 1.30. The molecule has 1 heterocycles. The summed E-state index contributed by atoms with van der Waals surface area (Å²) in [5.41, 5.74) is 0. The lowest BCUT2D eigenvalue weighted by atomic mass is 10.4. The standard InChI is InChI=1S/C9H12F3N3S/c10-9(11,12)5-8-15-14-7(16-8)3-4-13-6-1-2-6/h6,13H,1-5H2. The minimum atomic E-state index is -4.19. The average molecular weight is 251 g/mol. The summed E-state index contributed by atoms with van der Waals surface area (Å²) >= 11 is 1.05. The van der Waals surface area contributed by atoms with Gasteiger partial charge in [-0.15, -0.1) is 21.5 Å². The summed E-state index contributed by atoms with van der Waals surface area (Å²) in [5.74, 6) is 0. The number of nitrogens with one attached hydrogen (secondary N) is 1. The van der Waals surface area contributed by atoms with E-state index >= 15 is 0 Å². The van der Waals surface area contributed by atoms with Crippen LogP contribution < -0.4 is 5.32 Å². The maximum absolute atomic E-state index is 12.0. The molecule has 0 bridgehead atoms. The largest absolute Gasteiger partial charge is 0.395 e. The van der Waals surface area contributed by atoms with Gasteiger partial charge in [-0.2, -0.15) is 13.2 Å². The zero-order chi connectivity index (χ0) is 11.6. The van der Waals surface area contributed by atoms with E-state index in [-0.39, 0.29) is 5.01 Å². The Hall–Kier alpha value is -0.690. The van der Waals surface area contributed by atoms with E-state index in [1.165, 1.54) is 12.8 Å². The predicted molar refractivity (Wildman–Crippen MR) is 54.4 cm³/mol. The zero-order valence-electron chi connectivity index (χ0n) is 8.55. The first-order valence-corrected chi connectivity index (χ1v) is 5.96. The van der Waals surface area contributed by atoms with Crippen molar-refractivity contribution in [3.63, 3.8) is 0 Å². The summed E-state index contributed by atoms with van der Waals surface area (Å²) < 4.78 is 36.1. The molecule has 90 valence electrons. The van der Waals surface area contributed by atoms with Gasteiger partial charge in [0.25, 0.3) is 0 Å². The number of halogens is 3. The van der Waals surface area contributed by atoms with E-state index in [1.807, 2.05) is 0 Å². The second-order valence-corrected chi connectivity index (χ2v) is 5.01. The van der Waals surface area contributed by atoms with Crippen LogP contribution in [-0.2, 0) is 12.8 Å². The zero-order valence-corrected chi connectivity index (χ0v) is 9.37. The lowest BCUT2D eigenvalue weighted by Gasteiger charge is -2.00. The van der Waals surface area contributed by atoms with Crippen molar-refractivity contribution in [1.82, 2.24) is 15.5 Å². The van der Waals surface area contributed by atoms with Crippen LogP contribution in [0.15, 0.2) is 0 Å². The summed E-state index contributed by atoms with van der Waals surface area (Å²) in [6.07, 6.45) is -2.10. The van der Waals surface area contributed by atoms with Crippen molar-refractivity contribution in [1.29, 1.82) is 0 Å². The Labute approximate surface area is 95.1 Å². The molecule has 2 rings (SSSR count). The van der Waals surface area contributed by atoms with Crippen LogP contribution in [0, 0.1) is 0 Å². The van der Waals surface area contributed by atoms with E-state index in [9.17, 15) is 13.2 Å². The van der Waals surface area contributed by atoms with Crippen molar-refractivity contribution in [2.24, 2.45) is 0 Å². The lowest BCUT2D eigenvalue weighted by Crippen LogP contribution is -2.19. The van der Waals surface area contributed by atoms with E-state index in [4.69, 9.17) is 0 Å². The Morgan fingerprint density at radius 3 is 2.56 bits per heavy atom. The topological polar surface area (TPSA) is 37.8 Å². The summed E-state index contributed by atoms with van der Waals surface area (Å²) in [6.45, 7) is 0.769. The van der Waals surface area contributed by atoms with Crippen LogP contribution >= 0.6 is 11.3 Å². The predicted octanol–water partition coefficient (Wildman–Crippen LogP) is 1.94. The van der Waals surface area contributed by atoms with Gasteiger partial charge in [0.05, 0.1) is 6.42 Å². The third-order valence-corrected chi connectivity index (χ3v) is 3.19. The van der Waals surface area contributed by atoms with Crippen LogP contribution in [0.4, 0.5) is 13.2 Å². The van der Waals surface area contributed by atoms with Gasteiger partial charge in [-0.25, -0.2) is 0 Å². The van der Waals surface area contributed by atoms with Crippen LogP contribution in [0.3, 0.4) is 0 Å². The Bertz CT molecular complexity index is 346. The SMILES string of the molecule is FC(F)(F)Cc1nnc(CCNC2CC2)s1. The first kappa shape index (κ1) is 11.8. The highest BCUT2D eigenvalue weighted by atomic mass is 32.1. The Morgan fingerprint density at radius 1 is 1.25 bits per heavy atom. The van der Waals surface area contributed by atoms with E-state index in [0.29, 0.717) is 17.5 Å². The quantitative estimate of drug-likeness (QED) is 0.869. The molecule has 0 amide bonds.